The molecule has 0 saturated heterocycles. The Bertz CT molecular complexity index is 412. The van der Waals surface area contributed by atoms with E-state index in [-0.39, 0.29) is 0 Å². The molecule has 0 spiro atoms. The van der Waals surface area contributed by atoms with Gasteiger partial charge in [0.15, 0.2) is 6.04 Å². The molecule has 0 saturated carbocycles. The lowest BCUT2D eigenvalue weighted by molar-refractivity contribution is -0.550. The van der Waals surface area contributed by atoms with Crippen LogP contribution in [-0.2, 0) is 4.79 Å². The molecule has 0 radical (unpaired) electrons. The second-order valence-electron chi connectivity index (χ2n) is 3.07. The fourth-order valence-electron chi connectivity index (χ4n) is 1.36. The van der Waals surface area contributed by atoms with Gasteiger partial charge >= 0.3 is 11.5 Å². The first kappa shape index (κ1) is 11.8. The molecule has 0 fully saturated rings. The third kappa shape index (κ3) is 1.42. The van der Waals surface area contributed by atoms with E-state index in [2.05, 4.69) is 0 Å². The first-order chi connectivity index (χ1) is 7.34. The predicted molar refractivity (Wildman–Crippen MR) is 49.6 cm³/mol. The molecule has 16 heavy (non-hydrogen) atoms. The summed E-state index contributed by atoms with van der Waals surface area (Å²) in [6.45, 7) is 0. The molecule has 1 aliphatic rings. The van der Waals surface area contributed by atoms with Gasteiger partial charge in [0.2, 0.25) is 0 Å². The van der Waals surface area contributed by atoms with Crippen LogP contribution in [0.15, 0.2) is 23.9 Å². The molecule has 2 atom stereocenters. The second-order valence-corrected chi connectivity index (χ2v) is 3.07. The highest BCUT2D eigenvalue weighted by atomic mass is 16.6. The van der Waals surface area contributed by atoms with Crippen LogP contribution in [0.2, 0.25) is 0 Å². The maximum Gasteiger partial charge on any atom is 0.389 e. The van der Waals surface area contributed by atoms with E-state index in [1.165, 1.54) is 0 Å². The highest BCUT2D eigenvalue weighted by Crippen LogP contribution is 2.26. The van der Waals surface area contributed by atoms with E-state index in [4.69, 9.17) is 10.8 Å². The topological polar surface area (TPSA) is 150 Å². The number of carboxylic acids is 1. The van der Waals surface area contributed by atoms with Gasteiger partial charge in [0.1, 0.15) is 0 Å². The van der Waals surface area contributed by atoms with Gasteiger partial charge in [-0.05, 0) is 0 Å². The molecule has 3 N–H and O–H groups in total. The maximum atomic E-state index is 10.9. The van der Waals surface area contributed by atoms with Crippen molar-refractivity contribution in [1.82, 2.24) is 0 Å². The van der Waals surface area contributed by atoms with Gasteiger partial charge in [-0.2, -0.15) is 0 Å². The predicted octanol–water partition coefficient (Wildman–Crippen LogP) is -0.856. The molecule has 9 heteroatoms. The number of nitro groups is 2. The van der Waals surface area contributed by atoms with E-state index in [1.807, 2.05) is 0 Å². The summed E-state index contributed by atoms with van der Waals surface area (Å²) in [5, 5.41) is 30.1. The van der Waals surface area contributed by atoms with Crippen LogP contribution in [0.25, 0.3) is 0 Å². The van der Waals surface area contributed by atoms with Crippen LogP contribution in [0.3, 0.4) is 0 Å². The largest absolute Gasteiger partial charge is 0.476 e. The number of carbonyl (C=O) groups is 1. The molecule has 0 aromatic carbocycles. The van der Waals surface area contributed by atoms with E-state index >= 15 is 0 Å². The smallest absolute Gasteiger partial charge is 0.389 e. The number of nitrogens with two attached hydrogens (primary N) is 1. The number of hydrogen-bond donors (Lipinski definition) is 2. The van der Waals surface area contributed by atoms with Crippen LogP contribution in [0.5, 0.6) is 0 Å². The highest BCUT2D eigenvalue weighted by Gasteiger charge is 2.60. The van der Waals surface area contributed by atoms with Crippen molar-refractivity contribution in [2.75, 3.05) is 0 Å². The summed E-state index contributed by atoms with van der Waals surface area (Å²) in [5.74, 6) is -1.84. The van der Waals surface area contributed by atoms with Crippen LogP contribution in [0.1, 0.15) is 0 Å². The molecule has 2 unspecified atom stereocenters. The zero-order valence-corrected chi connectivity index (χ0v) is 7.77. The normalized spacial score (nSPS) is 28.3. The third-order valence-corrected chi connectivity index (χ3v) is 2.27. The SMILES string of the molecule is NC1C([N+](=O)[O-])=CC=CC1(C(=O)O)[N+](=O)[O-]. The summed E-state index contributed by atoms with van der Waals surface area (Å²) >= 11 is 0. The average Bonchev–Trinajstić information content (AvgIpc) is 2.16. The van der Waals surface area contributed by atoms with E-state index < -0.39 is 33.1 Å². The highest BCUT2D eigenvalue weighted by molar-refractivity contribution is 5.82. The average molecular weight is 229 g/mol. The molecule has 0 bridgehead atoms. The van der Waals surface area contributed by atoms with Gasteiger partial charge in [-0.25, -0.2) is 4.79 Å². The first-order valence-electron chi connectivity index (χ1n) is 4.01. The van der Waals surface area contributed by atoms with Gasteiger partial charge < -0.3 is 10.8 Å². The Kier molecular flexibility index (Phi) is 2.72. The zero-order valence-electron chi connectivity index (χ0n) is 7.77. The molecule has 1 rings (SSSR count). The van der Waals surface area contributed by atoms with E-state index in [9.17, 15) is 25.0 Å². The minimum atomic E-state index is -2.68. The molecule has 0 aromatic heterocycles. The number of rotatable bonds is 3. The summed E-state index contributed by atoms with van der Waals surface area (Å²) < 4.78 is 0. The fraction of sp³-hybridized carbons (Fsp3) is 0.286. The van der Waals surface area contributed by atoms with Crippen molar-refractivity contribution in [3.8, 4) is 0 Å². The van der Waals surface area contributed by atoms with Crippen molar-refractivity contribution in [3.63, 3.8) is 0 Å². The van der Waals surface area contributed by atoms with Gasteiger partial charge in [-0.15, -0.1) is 0 Å². The molecule has 0 amide bonds. The Morgan fingerprint density at radius 3 is 2.44 bits per heavy atom. The molecule has 9 nitrogen and oxygen atoms in total. The Morgan fingerprint density at radius 2 is 2.06 bits per heavy atom. The first-order valence-corrected chi connectivity index (χ1v) is 4.01. The Hall–Kier alpha value is -2.29. The molecular weight excluding hydrogens is 222 g/mol. The fourth-order valence-corrected chi connectivity index (χ4v) is 1.36. The minimum absolute atomic E-state index is 0.707. The molecular formula is C7H7N3O6. The lowest BCUT2D eigenvalue weighted by Crippen LogP contribution is -2.60. The van der Waals surface area contributed by atoms with Crippen molar-refractivity contribution in [3.05, 3.63) is 44.2 Å². The number of nitrogens with zero attached hydrogens (tertiary/aromatic N) is 2. The van der Waals surface area contributed by atoms with Crippen molar-refractivity contribution in [2.45, 2.75) is 11.6 Å². The van der Waals surface area contributed by atoms with E-state index in [0.717, 1.165) is 18.2 Å². The summed E-state index contributed by atoms with van der Waals surface area (Å²) in [5.41, 5.74) is 1.89. The van der Waals surface area contributed by atoms with Crippen molar-refractivity contribution < 1.29 is 19.7 Å². The summed E-state index contributed by atoms with van der Waals surface area (Å²) in [7, 11) is 0. The number of carboxylic acid groups (broad SMARTS) is 1. The molecule has 86 valence electrons. The van der Waals surface area contributed by atoms with Gasteiger partial charge in [-0.3, -0.25) is 20.2 Å². The van der Waals surface area contributed by atoms with Crippen LogP contribution >= 0.6 is 0 Å². The summed E-state index contributed by atoms with van der Waals surface area (Å²) in [6, 6.07) is -1.83. The second kappa shape index (κ2) is 3.70. The van der Waals surface area contributed by atoms with Gasteiger partial charge in [0, 0.05) is 17.1 Å². The van der Waals surface area contributed by atoms with Crippen LogP contribution in [-0.4, -0.2) is 32.5 Å². The summed E-state index contributed by atoms with van der Waals surface area (Å²) in [6.07, 6.45) is 2.61. The monoisotopic (exact) mass is 229 g/mol. The number of aliphatic carboxylic acids is 1. The van der Waals surface area contributed by atoms with Crippen LogP contribution < -0.4 is 5.73 Å². The van der Waals surface area contributed by atoms with Crippen molar-refractivity contribution in [2.24, 2.45) is 5.73 Å². The Morgan fingerprint density at radius 1 is 1.50 bits per heavy atom. The third-order valence-electron chi connectivity index (χ3n) is 2.27. The Labute approximate surface area is 88.1 Å². The van der Waals surface area contributed by atoms with Gasteiger partial charge in [-0.1, -0.05) is 6.08 Å². The zero-order chi connectivity index (χ0) is 12.5. The molecule has 0 heterocycles. The van der Waals surface area contributed by atoms with Crippen LogP contribution in [0, 0.1) is 20.2 Å². The Balaban J connectivity index is 3.33. The van der Waals surface area contributed by atoms with Gasteiger partial charge in [0.05, 0.1) is 4.92 Å². The quantitative estimate of drug-likeness (QED) is 0.472. The van der Waals surface area contributed by atoms with E-state index in [0.29, 0.717) is 0 Å². The summed E-state index contributed by atoms with van der Waals surface area (Å²) in [4.78, 5) is 30.0. The number of allylic oxidation sites excluding steroid dienone is 2. The van der Waals surface area contributed by atoms with Crippen LogP contribution in [0.4, 0.5) is 0 Å². The standard InChI is InChI=1S/C7H7N3O6/c8-5-4(9(13)14)2-1-3-7(5,6(11)12)10(15)16/h1-3,5H,8H2,(H,11,12). The van der Waals surface area contributed by atoms with Crippen molar-refractivity contribution in [1.29, 1.82) is 0 Å². The minimum Gasteiger partial charge on any atom is -0.476 e. The lowest BCUT2D eigenvalue weighted by Gasteiger charge is -2.23. The molecule has 1 aliphatic carbocycles. The molecule has 0 aromatic rings. The van der Waals surface area contributed by atoms with E-state index in [1.54, 1.807) is 0 Å². The van der Waals surface area contributed by atoms with Crippen molar-refractivity contribution >= 4 is 5.97 Å². The van der Waals surface area contributed by atoms with Gasteiger partial charge in [0.25, 0.3) is 5.70 Å². The maximum absolute atomic E-state index is 10.9. The molecule has 0 aliphatic heterocycles. The lowest BCUT2D eigenvalue weighted by atomic mass is 9.85. The number of hydrogen-bond acceptors (Lipinski definition) is 6.